The number of carbonyl (C=O) groups excluding carboxylic acids is 1. The third kappa shape index (κ3) is 2.94. The number of carbonyl (C=O) groups is 1. The van der Waals surface area contributed by atoms with Crippen molar-refractivity contribution in [2.75, 3.05) is 7.05 Å². The lowest BCUT2D eigenvalue weighted by molar-refractivity contribution is 0.235. The van der Waals surface area contributed by atoms with Gasteiger partial charge < -0.3 is 11.5 Å². The number of hydrogen-bond donors (Lipinski definition) is 2. The van der Waals surface area contributed by atoms with Gasteiger partial charge in [0.25, 0.3) is 0 Å². The number of halogens is 1. The summed E-state index contributed by atoms with van der Waals surface area (Å²) in [6.45, 7) is 0. The zero-order chi connectivity index (χ0) is 11.4. The number of amides is 2. The molecular weight excluding hydrogens is 199 g/mol. The second kappa shape index (κ2) is 4.41. The molecule has 0 aliphatic heterocycles. The van der Waals surface area contributed by atoms with Crippen LogP contribution in [0.15, 0.2) is 29.3 Å². The Morgan fingerprint density at radius 1 is 1.33 bits per heavy atom. The molecule has 1 rings (SSSR count). The molecule has 0 saturated heterocycles. The van der Waals surface area contributed by atoms with Crippen LogP contribution in [-0.2, 0) is 0 Å². The first-order valence-corrected chi connectivity index (χ1v) is 4.13. The van der Waals surface area contributed by atoms with Crippen LogP contribution in [-0.4, -0.2) is 23.9 Å². The van der Waals surface area contributed by atoms with Gasteiger partial charge in [0.15, 0.2) is 0 Å². The molecule has 80 valence electrons. The third-order valence-electron chi connectivity index (χ3n) is 1.74. The second-order valence-corrected chi connectivity index (χ2v) is 2.84. The molecule has 6 heteroatoms. The number of guanidine groups is 1. The van der Waals surface area contributed by atoms with Gasteiger partial charge in [-0.15, -0.1) is 0 Å². The van der Waals surface area contributed by atoms with Gasteiger partial charge in [-0.1, -0.05) is 0 Å². The van der Waals surface area contributed by atoms with Gasteiger partial charge in [0.1, 0.15) is 5.82 Å². The van der Waals surface area contributed by atoms with Crippen molar-refractivity contribution in [3.8, 4) is 0 Å². The van der Waals surface area contributed by atoms with Crippen LogP contribution in [0.4, 0.5) is 14.9 Å². The summed E-state index contributed by atoms with van der Waals surface area (Å²) in [4.78, 5) is 15.6. The quantitative estimate of drug-likeness (QED) is 0.530. The van der Waals surface area contributed by atoms with E-state index >= 15 is 0 Å². The van der Waals surface area contributed by atoms with Crippen LogP contribution in [0.2, 0.25) is 0 Å². The van der Waals surface area contributed by atoms with Crippen LogP contribution in [0.5, 0.6) is 0 Å². The minimum Gasteiger partial charge on any atom is -0.369 e. The van der Waals surface area contributed by atoms with E-state index in [1.165, 1.54) is 31.3 Å². The first kappa shape index (κ1) is 11.0. The van der Waals surface area contributed by atoms with Crippen molar-refractivity contribution < 1.29 is 9.18 Å². The molecule has 4 N–H and O–H groups in total. The topological polar surface area (TPSA) is 84.7 Å². The van der Waals surface area contributed by atoms with Crippen LogP contribution in [0.25, 0.3) is 0 Å². The van der Waals surface area contributed by atoms with Crippen LogP contribution in [0.3, 0.4) is 0 Å². The van der Waals surface area contributed by atoms with Crippen LogP contribution in [0.1, 0.15) is 0 Å². The van der Waals surface area contributed by atoms with Crippen molar-refractivity contribution in [3.05, 3.63) is 30.1 Å². The number of aliphatic imine (C=N–C) groups is 1. The molecule has 1 aromatic carbocycles. The molecule has 0 fully saturated rings. The Balaban J connectivity index is 2.87. The van der Waals surface area contributed by atoms with E-state index < -0.39 is 6.03 Å². The normalized spacial score (nSPS) is 11.2. The summed E-state index contributed by atoms with van der Waals surface area (Å²) >= 11 is 0. The Kier molecular flexibility index (Phi) is 3.22. The van der Waals surface area contributed by atoms with Gasteiger partial charge in [-0.3, -0.25) is 4.90 Å². The number of rotatable bonds is 1. The van der Waals surface area contributed by atoms with Gasteiger partial charge in [-0.2, -0.15) is 0 Å². The number of nitrogens with zero attached hydrogens (tertiary/aromatic N) is 2. The standard InChI is InChI=1S/C9H11FN4O/c1-14(9(12)15)8(11)13-7-4-2-6(10)3-5-7/h2-5H,1H3,(H2,11,13)(H2,12,15). The van der Waals surface area contributed by atoms with E-state index in [2.05, 4.69) is 4.99 Å². The Labute approximate surface area is 86.2 Å². The molecule has 0 radical (unpaired) electrons. The zero-order valence-corrected chi connectivity index (χ0v) is 8.14. The van der Waals surface area contributed by atoms with Crippen molar-refractivity contribution in [3.63, 3.8) is 0 Å². The Morgan fingerprint density at radius 2 is 1.87 bits per heavy atom. The lowest BCUT2D eigenvalue weighted by atomic mass is 10.3. The molecule has 0 saturated carbocycles. The summed E-state index contributed by atoms with van der Waals surface area (Å²) in [6, 6.07) is 4.67. The molecule has 15 heavy (non-hydrogen) atoms. The fraction of sp³-hybridized carbons (Fsp3) is 0.111. The highest BCUT2D eigenvalue weighted by Crippen LogP contribution is 2.12. The van der Waals surface area contributed by atoms with Crippen LogP contribution >= 0.6 is 0 Å². The molecule has 2 amide bonds. The fourth-order valence-corrected chi connectivity index (χ4v) is 0.836. The predicted molar refractivity (Wildman–Crippen MR) is 55.0 cm³/mol. The summed E-state index contributed by atoms with van der Waals surface area (Å²) < 4.78 is 12.5. The summed E-state index contributed by atoms with van der Waals surface area (Å²) in [5.74, 6) is -0.412. The maximum atomic E-state index is 12.5. The lowest BCUT2D eigenvalue weighted by Gasteiger charge is -2.12. The molecule has 0 heterocycles. The van der Waals surface area contributed by atoms with Gasteiger partial charge in [-0.05, 0) is 24.3 Å². The van der Waals surface area contributed by atoms with Crippen molar-refractivity contribution in [2.24, 2.45) is 16.5 Å². The number of urea groups is 1. The van der Waals surface area contributed by atoms with Gasteiger partial charge >= 0.3 is 6.03 Å². The molecule has 0 unspecified atom stereocenters. The summed E-state index contributed by atoms with van der Waals surface area (Å²) in [5, 5.41) is 0. The van der Waals surface area contributed by atoms with E-state index in [1.54, 1.807) is 0 Å². The highest BCUT2D eigenvalue weighted by Gasteiger charge is 2.06. The van der Waals surface area contributed by atoms with Gasteiger partial charge in [0.05, 0.1) is 5.69 Å². The van der Waals surface area contributed by atoms with E-state index in [9.17, 15) is 9.18 Å². The molecular formula is C9H11FN4O. The smallest absolute Gasteiger partial charge is 0.321 e. The van der Waals surface area contributed by atoms with E-state index in [0.29, 0.717) is 5.69 Å². The third-order valence-corrected chi connectivity index (χ3v) is 1.74. The second-order valence-electron chi connectivity index (χ2n) is 2.84. The van der Waals surface area contributed by atoms with Crippen molar-refractivity contribution in [1.82, 2.24) is 4.90 Å². The maximum Gasteiger partial charge on any atom is 0.321 e. The zero-order valence-electron chi connectivity index (χ0n) is 8.14. The van der Waals surface area contributed by atoms with E-state index in [1.807, 2.05) is 0 Å². The molecule has 5 nitrogen and oxygen atoms in total. The van der Waals surface area contributed by atoms with Crippen molar-refractivity contribution in [1.29, 1.82) is 0 Å². The van der Waals surface area contributed by atoms with Gasteiger partial charge in [-0.25, -0.2) is 14.2 Å². The van der Waals surface area contributed by atoms with Gasteiger partial charge in [0.2, 0.25) is 5.96 Å². The van der Waals surface area contributed by atoms with Crippen LogP contribution < -0.4 is 11.5 Å². The van der Waals surface area contributed by atoms with Gasteiger partial charge in [0, 0.05) is 7.05 Å². The largest absolute Gasteiger partial charge is 0.369 e. The van der Waals surface area contributed by atoms with E-state index in [-0.39, 0.29) is 11.8 Å². The number of hydrogen-bond acceptors (Lipinski definition) is 2. The van der Waals surface area contributed by atoms with Crippen molar-refractivity contribution >= 4 is 17.7 Å². The number of primary amides is 1. The SMILES string of the molecule is CN(C(N)=O)C(N)=Nc1ccc(F)cc1. The Bertz CT molecular complexity index is 388. The molecule has 0 aromatic heterocycles. The summed E-state index contributed by atoms with van der Waals surface area (Å²) in [5.41, 5.74) is 10.9. The lowest BCUT2D eigenvalue weighted by Crippen LogP contribution is -2.41. The Morgan fingerprint density at radius 3 is 2.33 bits per heavy atom. The van der Waals surface area contributed by atoms with Crippen LogP contribution in [0, 0.1) is 5.82 Å². The maximum absolute atomic E-state index is 12.5. The molecule has 0 atom stereocenters. The molecule has 0 spiro atoms. The highest BCUT2D eigenvalue weighted by atomic mass is 19.1. The molecule has 1 aromatic rings. The summed E-state index contributed by atoms with van der Waals surface area (Å²) in [7, 11) is 1.39. The monoisotopic (exact) mass is 210 g/mol. The first-order valence-electron chi connectivity index (χ1n) is 4.13. The van der Waals surface area contributed by atoms with E-state index in [0.717, 1.165) is 4.90 Å². The number of nitrogens with two attached hydrogens (primary N) is 2. The molecule has 0 aliphatic rings. The fourth-order valence-electron chi connectivity index (χ4n) is 0.836. The molecule has 0 bridgehead atoms. The highest BCUT2D eigenvalue weighted by molar-refractivity contribution is 5.95. The minimum absolute atomic E-state index is 0.0471. The predicted octanol–water partition coefficient (Wildman–Crippen LogP) is 0.782. The average Bonchev–Trinajstić information content (AvgIpc) is 2.20. The minimum atomic E-state index is -0.710. The van der Waals surface area contributed by atoms with E-state index in [4.69, 9.17) is 11.5 Å². The summed E-state index contributed by atoms with van der Waals surface area (Å²) in [6.07, 6.45) is 0. The molecule has 0 aliphatic carbocycles. The Hall–Kier alpha value is -2.11. The van der Waals surface area contributed by atoms with Crippen molar-refractivity contribution in [2.45, 2.75) is 0 Å². The number of benzene rings is 1. The average molecular weight is 210 g/mol. The first-order chi connectivity index (χ1) is 7.00.